The molecule has 238 valence electrons. The second-order valence-corrected chi connectivity index (χ2v) is 11.8. The fourth-order valence-electron chi connectivity index (χ4n) is 6.40. The van der Waals surface area contributed by atoms with Crippen molar-refractivity contribution in [2.45, 2.75) is 79.1 Å². The smallest absolute Gasteiger partial charge is 0.330 e. The molecule has 2 aromatic carbocycles. The molecule has 0 aliphatic carbocycles. The molecule has 2 aliphatic heterocycles. The molecule has 0 saturated carbocycles. The molecule has 2 aromatic heterocycles. The molecule has 1 N–H and O–H groups in total. The largest absolute Gasteiger partial charge is 0.493 e. The lowest BCUT2D eigenvalue weighted by Gasteiger charge is -2.25. The highest BCUT2D eigenvalue weighted by Crippen LogP contribution is 2.38. The first-order chi connectivity index (χ1) is 21.9. The number of rotatable bonds is 10. The van der Waals surface area contributed by atoms with Crippen molar-refractivity contribution in [2.24, 2.45) is 4.99 Å². The van der Waals surface area contributed by atoms with Gasteiger partial charge in [-0.3, -0.25) is 9.13 Å². The molecule has 11 nitrogen and oxygen atoms in total. The van der Waals surface area contributed by atoms with Gasteiger partial charge in [0, 0.05) is 37.9 Å². The van der Waals surface area contributed by atoms with E-state index in [9.17, 15) is 4.79 Å². The quantitative estimate of drug-likeness (QED) is 0.244. The van der Waals surface area contributed by atoms with Gasteiger partial charge in [-0.2, -0.15) is 0 Å². The van der Waals surface area contributed by atoms with Crippen molar-refractivity contribution in [1.82, 2.24) is 23.9 Å². The average molecular weight is 614 g/mol. The number of benzene rings is 2. The molecule has 1 saturated heterocycles. The summed E-state index contributed by atoms with van der Waals surface area (Å²) >= 11 is 0. The number of hydrogen-bond acceptors (Lipinski definition) is 8. The first kappa shape index (κ1) is 30.6. The predicted molar refractivity (Wildman–Crippen MR) is 173 cm³/mol. The second-order valence-electron chi connectivity index (χ2n) is 11.8. The van der Waals surface area contributed by atoms with Crippen molar-refractivity contribution in [3.63, 3.8) is 0 Å². The van der Waals surface area contributed by atoms with Crippen molar-refractivity contribution in [1.29, 1.82) is 0 Å². The van der Waals surface area contributed by atoms with Crippen molar-refractivity contribution in [2.75, 3.05) is 32.2 Å². The van der Waals surface area contributed by atoms with Crippen LogP contribution >= 0.6 is 0 Å². The van der Waals surface area contributed by atoms with Crippen LogP contribution in [0.5, 0.6) is 11.5 Å². The van der Waals surface area contributed by atoms with Crippen molar-refractivity contribution in [3.8, 4) is 22.8 Å². The number of nitrogens with zero attached hydrogens (tertiary/aromatic N) is 6. The molecule has 0 radical (unpaired) electrons. The van der Waals surface area contributed by atoms with Crippen LogP contribution < -0.4 is 26.0 Å². The Morgan fingerprint density at radius 2 is 1.91 bits per heavy atom. The van der Waals surface area contributed by atoms with Crippen LogP contribution in [0.4, 0.5) is 11.6 Å². The summed E-state index contributed by atoms with van der Waals surface area (Å²) in [6.45, 7) is 11.1. The van der Waals surface area contributed by atoms with Gasteiger partial charge in [-0.05, 0) is 88.6 Å². The standard InChI is InChI=1S/C34H43N7O4/c1-6-44-29-18-25-11-14-39-27(26(25)19-28(29)43-5)20-30(37-32-23(3)16-22(2)17-24(32)4)40(34(39)42)13-9-12-35-33-36-21-41(38-33)31-10-7-8-15-45-31/h16-21,31H,6-15H2,1-5H3,(H,35,38). The average Bonchev–Trinajstić information content (AvgIpc) is 3.51. The van der Waals surface area contributed by atoms with Crippen LogP contribution in [0.15, 0.2) is 46.4 Å². The van der Waals surface area contributed by atoms with Crippen LogP contribution in [-0.4, -0.2) is 50.8 Å². The first-order valence-electron chi connectivity index (χ1n) is 15.9. The zero-order chi connectivity index (χ0) is 31.5. The molecule has 1 fully saturated rings. The predicted octanol–water partition coefficient (Wildman–Crippen LogP) is 5.23. The fourth-order valence-corrected chi connectivity index (χ4v) is 6.40. The summed E-state index contributed by atoms with van der Waals surface area (Å²) in [6.07, 6.45) is 6.23. The van der Waals surface area contributed by atoms with Crippen LogP contribution in [0.1, 0.15) is 61.1 Å². The number of nitrogens with one attached hydrogen (secondary N) is 1. The second kappa shape index (κ2) is 13.3. The van der Waals surface area contributed by atoms with Crippen LogP contribution in [0.3, 0.4) is 0 Å². The molecule has 0 bridgehead atoms. The lowest BCUT2D eigenvalue weighted by molar-refractivity contribution is -0.0395. The summed E-state index contributed by atoms with van der Waals surface area (Å²) in [5.41, 5.74) is 7.68. The highest BCUT2D eigenvalue weighted by atomic mass is 16.5. The molecule has 45 heavy (non-hydrogen) atoms. The number of aromatic nitrogens is 5. The van der Waals surface area contributed by atoms with Gasteiger partial charge < -0.3 is 19.5 Å². The lowest BCUT2D eigenvalue weighted by Crippen LogP contribution is -2.42. The van der Waals surface area contributed by atoms with Crippen LogP contribution in [0.2, 0.25) is 0 Å². The number of methoxy groups -OCH3 is 1. The molecular formula is C34H43N7O4. The molecule has 4 aromatic rings. The summed E-state index contributed by atoms with van der Waals surface area (Å²) in [5.74, 6) is 1.92. The Balaban J connectivity index is 1.34. The van der Waals surface area contributed by atoms with E-state index in [1.807, 2.05) is 29.7 Å². The monoisotopic (exact) mass is 613 g/mol. The van der Waals surface area contributed by atoms with E-state index >= 15 is 0 Å². The van der Waals surface area contributed by atoms with Crippen LogP contribution in [0, 0.1) is 20.8 Å². The van der Waals surface area contributed by atoms with Gasteiger partial charge in [-0.25, -0.2) is 19.5 Å². The summed E-state index contributed by atoms with van der Waals surface area (Å²) < 4.78 is 22.8. The first-order valence-corrected chi connectivity index (χ1v) is 15.9. The molecule has 6 rings (SSSR count). The van der Waals surface area contributed by atoms with Gasteiger partial charge in [-0.1, -0.05) is 17.7 Å². The van der Waals surface area contributed by atoms with E-state index in [4.69, 9.17) is 19.2 Å². The van der Waals surface area contributed by atoms with E-state index in [1.165, 1.54) is 5.56 Å². The van der Waals surface area contributed by atoms with E-state index in [0.717, 1.165) is 71.7 Å². The zero-order valence-electron chi connectivity index (χ0n) is 26.9. The van der Waals surface area contributed by atoms with E-state index in [2.05, 4.69) is 48.3 Å². The van der Waals surface area contributed by atoms with Crippen LogP contribution in [-0.2, 0) is 24.2 Å². The van der Waals surface area contributed by atoms with E-state index < -0.39 is 0 Å². The van der Waals surface area contributed by atoms with Gasteiger partial charge in [-0.15, -0.1) is 5.10 Å². The summed E-state index contributed by atoms with van der Waals surface area (Å²) in [5, 5.41) is 7.88. The maximum atomic E-state index is 14.2. The minimum atomic E-state index is -0.0796. The van der Waals surface area contributed by atoms with E-state index in [1.54, 1.807) is 22.7 Å². The molecule has 11 heteroatoms. The van der Waals surface area contributed by atoms with Gasteiger partial charge in [0.15, 0.2) is 17.7 Å². The Kier molecular flexibility index (Phi) is 9.07. The van der Waals surface area contributed by atoms with Gasteiger partial charge in [0.05, 0.1) is 25.1 Å². The van der Waals surface area contributed by atoms with Crippen molar-refractivity contribution >= 4 is 11.6 Å². The molecular weight excluding hydrogens is 570 g/mol. The third-order valence-corrected chi connectivity index (χ3v) is 8.53. The molecule has 1 unspecified atom stereocenters. The highest BCUT2D eigenvalue weighted by molar-refractivity contribution is 5.70. The summed E-state index contributed by atoms with van der Waals surface area (Å²) in [6, 6.07) is 10.3. The number of fused-ring (bicyclic) bond motifs is 3. The Morgan fingerprint density at radius 1 is 1.09 bits per heavy atom. The summed E-state index contributed by atoms with van der Waals surface area (Å²) in [4.78, 5) is 23.7. The minimum absolute atomic E-state index is 0.0541. The molecule has 2 aliphatic rings. The Bertz CT molecular complexity index is 1790. The van der Waals surface area contributed by atoms with Gasteiger partial charge in [0.25, 0.3) is 0 Å². The van der Waals surface area contributed by atoms with Crippen molar-refractivity contribution in [3.05, 3.63) is 74.9 Å². The topological polar surface area (TPSA) is 110 Å². The van der Waals surface area contributed by atoms with Gasteiger partial charge in [0.1, 0.15) is 11.8 Å². The number of aryl methyl sites for hydroxylation is 4. The highest BCUT2D eigenvalue weighted by Gasteiger charge is 2.23. The summed E-state index contributed by atoms with van der Waals surface area (Å²) in [7, 11) is 1.64. The zero-order valence-corrected chi connectivity index (χ0v) is 26.9. The van der Waals surface area contributed by atoms with E-state index in [-0.39, 0.29) is 11.9 Å². The number of hydrogen-bond donors (Lipinski definition) is 1. The van der Waals surface area contributed by atoms with Gasteiger partial charge in [0.2, 0.25) is 5.95 Å². The van der Waals surface area contributed by atoms with E-state index in [0.29, 0.717) is 49.8 Å². The van der Waals surface area contributed by atoms with Crippen molar-refractivity contribution < 1.29 is 14.2 Å². The number of ether oxygens (including phenoxy) is 3. The Hall–Kier alpha value is -4.38. The Labute approximate surface area is 263 Å². The molecule has 1 atom stereocenters. The minimum Gasteiger partial charge on any atom is -0.493 e. The lowest BCUT2D eigenvalue weighted by atomic mass is 9.97. The molecule has 0 amide bonds. The molecule has 0 spiro atoms. The van der Waals surface area contributed by atoms with Crippen LogP contribution in [0.25, 0.3) is 11.3 Å². The van der Waals surface area contributed by atoms with Gasteiger partial charge >= 0.3 is 5.69 Å². The Morgan fingerprint density at radius 3 is 2.64 bits per heavy atom. The third-order valence-electron chi connectivity index (χ3n) is 8.53. The normalized spacial score (nSPS) is 16.3. The fraction of sp³-hybridized carbons (Fsp3) is 0.471. The maximum Gasteiger partial charge on any atom is 0.330 e. The molecule has 4 heterocycles. The third kappa shape index (κ3) is 6.40. The maximum absolute atomic E-state index is 14.2. The SMILES string of the molecule is CCOc1cc2c(cc1OC)-c1cc(=Nc3c(C)cc(C)cc3C)n(CCCNc3ncn(C4CCCCO4)n3)c(=O)n1CC2. The number of anilines is 1.